The molecule has 1 N–H and O–H groups in total. The molecule has 0 amide bonds. The molecule has 3 aromatic rings. The van der Waals surface area contributed by atoms with Gasteiger partial charge in [0.1, 0.15) is 5.75 Å². The smallest absolute Gasteiger partial charge is 0.261 e. The molecular formula is C14H10ClN3O2. The van der Waals surface area contributed by atoms with Gasteiger partial charge < -0.3 is 9.63 Å². The van der Waals surface area contributed by atoms with Gasteiger partial charge in [-0.2, -0.15) is 4.98 Å². The van der Waals surface area contributed by atoms with Crippen LogP contribution in [-0.2, 0) is 6.42 Å². The van der Waals surface area contributed by atoms with Crippen molar-refractivity contribution in [2.24, 2.45) is 0 Å². The number of pyridine rings is 1. The van der Waals surface area contributed by atoms with Crippen molar-refractivity contribution in [3.63, 3.8) is 0 Å². The number of rotatable bonds is 3. The molecule has 100 valence electrons. The average Bonchev–Trinajstić information content (AvgIpc) is 2.91. The Hall–Kier alpha value is -2.40. The van der Waals surface area contributed by atoms with Crippen LogP contribution in [0.5, 0.6) is 5.75 Å². The lowest BCUT2D eigenvalue weighted by Crippen LogP contribution is -1.93. The van der Waals surface area contributed by atoms with E-state index in [-0.39, 0.29) is 11.6 Å². The molecule has 0 saturated heterocycles. The van der Waals surface area contributed by atoms with Crippen LogP contribution in [0.2, 0.25) is 5.02 Å². The number of hydrogen-bond acceptors (Lipinski definition) is 5. The average molecular weight is 288 g/mol. The molecule has 5 nitrogen and oxygen atoms in total. The Kier molecular flexibility index (Phi) is 3.35. The number of aromatic hydroxyl groups is 1. The predicted octanol–water partition coefficient (Wildman–Crippen LogP) is 3.08. The van der Waals surface area contributed by atoms with E-state index in [1.807, 2.05) is 18.2 Å². The van der Waals surface area contributed by atoms with Crippen LogP contribution in [0.15, 0.2) is 47.1 Å². The van der Waals surface area contributed by atoms with Crippen molar-refractivity contribution in [3.8, 4) is 17.2 Å². The molecule has 0 spiro atoms. The van der Waals surface area contributed by atoms with E-state index in [1.165, 1.54) is 6.07 Å². The first-order valence-corrected chi connectivity index (χ1v) is 6.31. The highest BCUT2D eigenvalue weighted by Gasteiger charge is 2.13. The van der Waals surface area contributed by atoms with E-state index in [2.05, 4.69) is 15.1 Å². The van der Waals surface area contributed by atoms with Crippen LogP contribution in [-0.4, -0.2) is 20.2 Å². The second-order valence-corrected chi connectivity index (χ2v) is 4.61. The van der Waals surface area contributed by atoms with Crippen molar-refractivity contribution in [3.05, 3.63) is 59.1 Å². The summed E-state index contributed by atoms with van der Waals surface area (Å²) in [6.45, 7) is 0. The first-order chi connectivity index (χ1) is 9.72. The minimum absolute atomic E-state index is 0.0439. The van der Waals surface area contributed by atoms with Gasteiger partial charge in [-0.1, -0.05) is 22.8 Å². The Bertz CT molecular complexity index is 728. The Morgan fingerprint density at radius 3 is 2.90 bits per heavy atom. The van der Waals surface area contributed by atoms with Crippen LogP contribution in [0, 0.1) is 0 Å². The van der Waals surface area contributed by atoms with E-state index in [9.17, 15) is 5.11 Å². The van der Waals surface area contributed by atoms with Crippen molar-refractivity contribution in [1.29, 1.82) is 0 Å². The number of hydrogen-bond donors (Lipinski definition) is 1. The lowest BCUT2D eigenvalue weighted by molar-refractivity contribution is 0.418. The molecular weight excluding hydrogens is 278 g/mol. The van der Waals surface area contributed by atoms with Gasteiger partial charge in [0.2, 0.25) is 0 Å². The van der Waals surface area contributed by atoms with Crippen LogP contribution in [0.1, 0.15) is 11.5 Å². The lowest BCUT2D eigenvalue weighted by atomic mass is 10.2. The summed E-state index contributed by atoms with van der Waals surface area (Å²) >= 11 is 5.89. The minimum atomic E-state index is 0.0439. The summed E-state index contributed by atoms with van der Waals surface area (Å²) in [5.41, 5.74) is 1.26. The van der Waals surface area contributed by atoms with Crippen LogP contribution < -0.4 is 0 Å². The Balaban J connectivity index is 1.88. The molecule has 0 bridgehead atoms. The maximum absolute atomic E-state index is 9.79. The summed E-state index contributed by atoms with van der Waals surface area (Å²) in [6.07, 6.45) is 2.17. The standard InChI is InChI=1S/C14H10ClN3O2/c15-9-4-5-12(19)11(7-9)14-17-13(18-20-14)8-10-3-1-2-6-16-10/h1-7,19H,8H2. The van der Waals surface area contributed by atoms with E-state index in [0.29, 0.717) is 22.8 Å². The first-order valence-electron chi connectivity index (χ1n) is 5.94. The van der Waals surface area contributed by atoms with Crippen molar-refractivity contribution in [2.45, 2.75) is 6.42 Å². The van der Waals surface area contributed by atoms with E-state index < -0.39 is 0 Å². The number of phenols is 1. The molecule has 20 heavy (non-hydrogen) atoms. The monoisotopic (exact) mass is 287 g/mol. The third kappa shape index (κ3) is 2.62. The first kappa shape index (κ1) is 12.6. The predicted molar refractivity (Wildman–Crippen MR) is 73.5 cm³/mol. The van der Waals surface area contributed by atoms with E-state index in [0.717, 1.165) is 5.69 Å². The fourth-order valence-electron chi connectivity index (χ4n) is 1.78. The Morgan fingerprint density at radius 2 is 2.10 bits per heavy atom. The lowest BCUT2D eigenvalue weighted by Gasteiger charge is -1.99. The molecule has 0 aliphatic rings. The number of phenolic OH excluding ortho intramolecular Hbond substituents is 1. The molecule has 1 aromatic carbocycles. The normalized spacial score (nSPS) is 10.7. The van der Waals surface area contributed by atoms with Gasteiger partial charge in [-0.3, -0.25) is 4.98 Å². The van der Waals surface area contributed by atoms with Gasteiger partial charge in [0.25, 0.3) is 5.89 Å². The summed E-state index contributed by atoms with van der Waals surface area (Å²) in [5.74, 6) is 0.774. The molecule has 0 fully saturated rings. The summed E-state index contributed by atoms with van der Waals surface area (Å²) < 4.78 is 5.15. The third-order valence-electron chi connectivity index (χ3n) is 2.72. The molecule has 0 aliphatic carbocycles. The zero-order valence-electron chi connectivity index (χ0n) is 10.3. The molecule has 0 unspecified atom stereocenters. The number of aromatic nitrogens is 3. The minimum Gasteiger partial charge on any atom is -0.507 e. The summed E-state index contributed by atoms with van der Waals surface area (Å²) in [6, 6.07) is 10.3. The number of halogens is 1. The third-order valence-corrected chi connectivity index (χ3v) is 2.96. The van der Waals surface area contributed by atoms with E-state index in [1.54, 1.807) is 18.3 Å². The van der Waals surface area contributed by atoms with Gasteiger partial charge in [0, 0.05) is 16.9 Å². The van der Waals surface area contributed by atoms with Crippen molar-refractivity contribution in [1.82, 2.24) is 15.1 Å². The van der Waals surface area contributed by atoms with Gasteiger partial charge in [-0.05, 0) is 30.3 Å². The second-order valence-electron chi connectivity index (χ2n) is 4.18. The molecule has 0 atom stereocenters. The summed E-state index contributed by atoms with van der Waals surface area (Å²) in [5, 5.41) is 14.2. The van der Waals surface area contributed by atoms with Crippen LogP contribution in [0.25, 0.3) is 11.5 Å². The molecule has 3 rings (SSSR count). The topological polar surface area (TPSA) is 72.0 Å². The number of benzene rings is 1. The maximum Gasteiger partial charge on any atom is 0.261 e. The van der Waals surface area contributed by atoms with Crippen molar-refractivity contribution < 1.29 is 9.63 Å². The zero-order valence-corrected chi connectivity index (χ0v) is 11.1. The molecule has 0 aliphatic heterocycles. The molecule has 6 heteroatoms. The van der Waals surface area contributed by atoms with Gasteiger partial charge in [0.05, 0.1) is 12.0 Å². The highest BCUT2D eigenvalue weighted by atomic mass is 35.5. The fraction of sp³-hybridized carbons (Fsp3) is 0.0714. The van der Waals surface area contributed by atoms with Crippen molar-refractivity contribution >= 4 is 11.6 Å². The van der Waals surface area contributed by atoms with E-state index >= 15 is 0 Å². The van der Waals surface area contributed by atoms with Gasteiger partial charge in [-0.15, -0.1) is 0 Å². The molecule has 0 saturated carbocycles. The van der Waals surface area contributed by atoms with Crippen LogP contribution >= 0.6 is 11.6 Å². The van der Waals surface area contributed by atoms with Gasteiger partial charge in [-0.25, -0.2) is 0 Å². The number of nitrogens with zero attached hydrogens (tertiary/aromatic N) is 3. The Labute approximate surface area is 119 Å². The fourth-order valence-corrected chi connectivity index (χ4v) is 1.95. The second kappa shape index (κ2) is 5.30. The molecule has 2 heterocycles. The molecule has 2 aromatic heterocycles. The highest BCUT2D eigenvalue weighted by Crippen LogP contribution is 2.30. The largest absolute Gasteiger partial charge is 0.507 e. The maximum atomic E-state index is 9.79. The van der Waals surface area contributed by atoms with Crippen LogP contribution in [0.4, 0.5) is 0 Å². The Morgan fingerprint density at radius 1 is 1.20 bits per heavy atom. The summed E-state index contributed by atoms with van der Waals surface area (Å²) in [7, 11) is 0. The van der Waals surface area contributed by atoms with Crippen molar-refractivity contribution in [2.75, 3.05) is 0 Å². The van der Waals surface area contributed by atoms with E-state index in [4.69, 9.17) is 16.1 Å². The van der Waals surface area contributed by atoms with Gasteiger partial charge in [0.15, 0.2) is 5.82 Å². The molecule has 0 radical (unpaired) electrons. The van der Waals surface area contributed by atoms with Crippen LogP contribution in [0.3, 0.4) is 0 Å². The zero-order chi connectivity index (χ0) is 13.9. The van der Waals surface area contributed by atoms with Gasteiger partial charge >= 0.3 is 0 Å². The summed E-state index contributed by atoms with van der Waals surface area (Å²) in [4.78, 5) is 8.44. The highest BCUT2D eigenvalue weighted by molar-refractivity contribution is 6.30. The quantitative estimate of drug-likeness (QED) is 0.801. The SMILES string of the molecule is Oc1ccc(Cl)cc1-c1nc(Cc2ccccn2)no1.